The van der Waals surface area contributed by atoms with E-state index < -0.39 is 35.8 Å². The predicted molar refractivity (Wildman–Crippen MR) is 152 cm³/mol. The van der Waals surface area contributed by atoms with E-state index >= 15 is 0 Å². The molecule has 2 atom stereocenters. The Morgan fingerprint density at radius 3 is 1.33 bits per heavy atom. The molecule has 3 heterocycles. The van der Waals surface area contributed by atoms with Crippen molar-refractivity contribution in [3.63, 3.8) is 0 Å². The maximum absolute atomic E-state index is 13.2. The summed E-state index contributed by atoms with van der Waals surface area (Å²) in [5, 5.41) is 5.73. The second-order valence-corrected chi connectivity index (χ2v) is 9.73. The number of aromatic nitrogens is 2. The number of hydrogen-bond acceptors (Lipinski definition) is 8. The molecule has 1 aliphatic rings. The SMILES string of the molecule is O=C1NC(Cc2ccccc2)COC(=O)c2cccc(n2)C(=O)OCC(Cc2ccccc2)NC(=O)c2cccc1n2. The highest BCUT2D eigenvalue weighted by molar-refractivity contribution is 5.96. The van der Waals surface area contributed by atoms with Crippen molar-refractivity contribution < 1.29 is 28.7 Å². The summed E-state index contributed by atoms with van der Waals surface area (Å²) in [4.78, 5) is 60.6. The molecule has 2 unspecified atom stereocenters. The van der Waals surface area contributed by atoms with Crippen LogP contribution < -0.4 is 10.6 Å². The number of ether oxygens (including phenoxy) is 2. The first-order chi connectivity index (χ1) is 20.4. The first kappa shape index (κ1) is 28.2. The molecule has 1 aliphatic heterocycles. The van der Waals surface area contributed by atoms with Gasteiger partial charge in [0.05, 0.1) is 12.1 Å². The van der Waals surface area contributed by atoms with Crippen molar-refractivity contribution in [2.24, 2.45) is 0 Å². The van der Waals surface area contributed by atoms with Crippen LogP contribution in [0.5, 0.6) is 0 Å². The smallest absolute Gasteiger partial charge is 0.357 e. The minimum Gasteiger partial charge on any atom is -0.459 e. The largest absolute Gasteiger partial charge is 0.459 e. The second kappa shape index (κ2) is 13.3. The lowest BCUT2D eigenvalue weighted by Crippen LogP contribution is -2.42. The molecule has 0 saturated heterocycles. The van der Waals surface area contributed by atoms with Crippen LogP contribution in [-0.2, 0) is 22.3 Å². The van der Waals surface area contributed by atoms with Crippen LogP contribution in [0.2, 0.25) is 0 Å². The summed E-state index contributed by atoms with van der Waals surface area (Å²) in [6.45, 7) is -0.339. The van der Waals surface area contributed by atoms with E-state index in [4.69, 9.17) is 9.47 Å². The summed E-state index contributed by atoms with van der Waals surface area (Å²) in [6, 6.07) is 26.5. The van der Waals surface area contributed by atoms with E-state index in [2.05, 4.69) is 20.6 Å². The molecule has 212 valence electrons. The van der Waals surface area contributed by atoms with Crippen LogP contribution in [0.4, 0.5) is 0 Å². The van der Waals surface area contributed by atoms with E-state index in [9.17, 15) is 19.2 Å². The molecule has 0 fully saturated rings. The second-order valence-electron chi connectivity index (χ2n) is 9.73. The van der Waals surface area contributed by atoms with Crippen LogP contribution in [-0.4, -0.2) is 59.0 Å². The number of nitrogens with zero attached hydrogens (tertiary/aromatic N) is 2. The first-order valence-corrected chi connectivity index (χ1v) is 13.4. The van der Waals surface area contributed by atoms with Crippen molar-refractivity contribution in [1.29, 1.82) is 0 Å². The fourth-order valence-electron chi connectivity index (χ4n) is 4.47. The van der Waals surface area contributed by atoms with Gasteiger partial charge in [-0.3, -0.25) is 9.59 Å². The number of pyridine rings is 2. The van der Waals surface area contributed by atoms with Gasteiger partial charge in [-0.2, -0.15) is 0 Å². The zero-order chi connectivity index (χ0) is 29.3. The summed E-state index contributed by atoms with van der Waals surface area (Å²) in [5.41, 5.74) is 1.70. The van der Waals surface area contributed by atoms with Crippen molar-refractivity contribution in [3.8, 4) is 0 Å². The zero-order valence-electron chi connectivity index (χ0n) is 22.6. The molecule has 0 spiro atoms. The number of carbonyl (C=O) groups excluding carboxylic acids is 4. The molecular formula is C32H28N4O6. The van der Waals surface area contributed by atoms with Gasteiger partial charge in [0.25, 0.3) is 11.8 Å². The third-order valence-corrected chi connectivity index (χ3v) is 6.53. The standard InChI is InChI=1S/C32H28N4O6/c37-29-25-13-7-14-26(35-25)30(38)34-24(18-22-11-5-2-6-12-22)20-42-32(40)28-16-8-15-27(36-28)31(39)41-19-23(33-29)17-21-9-3-1-4-10-21/h1-16,23-24H,17-20H2,(H,33,37)(H,34,38). The number of rotatable bonds is 4. The van der Waals surface area contributed by atoms with Gasteiger partial charge in [-0.1, -0.05) is 72.8 Å². The Bertz CT molecular complexity index is 1470. The van der Waals surface area contributed by atoms with Gasteiger partial charge < -0.3 is 20.1 Å². The Morgan fingerprint density at radius 1 is 0.524 bits per heavy atom. The Hall–Kier alpha value is -5.38. The topological polar surface area (TPSA) is 137 Å². The van der Waals surface area contributed by atoms with Crippen molar-refractivity contribution in [2.45, 2.75) is 24.9 Å². The van der Waals surface area contributed by atoms with E-state index in [1.807, 2.05) is 60.7 Å². The van der Waals surface area contributed by atoms with Crippen LogP contribution in [0.25, 0.3) is 0 Å². The van der Waals surface area contributed by atoms with Crippen LogP contribution in [0.3, 0.4) is 0 Å². The molecule has 2 amide bonds. The Balaban J connectivity index is 1.45. The lowest BCUT2D eigenvalue weighted by Gasteiger charge is -2.20. The predicted octanol–water partition coefficient (Wildman–Crippen LogP) is 3.19. The van der Waals surface area contributed by atoms with Gasteiger partial charge in [0.15, 0.2) is 0 Å². The number of benzene rings is 2. The third-order valence-electron chi connectivity index (χ3n) is 6.53. The molecule has 2 N–H and O–H groups in total. The first-order valence-electron chi connectivity index (χ1n) is 13.4. The van der Waals surface area contributed by atoms with Crippen molar-refractivity contribution >= 4 is 23.8 Å². The van der Waals surface area contributed by atoms with Gasteiger partial charge in [-0.25, -0.2) is 19.6 Å². The number of amides is 2. The number of cyclic esters (lactones) is 2. The maximum Gasteiger partial charge on any atom is 0.357 e. The van der Waals surface area contributed by atoms with E-state index in [0.717, 1.165) is 11.1 Å². The normalized spacial score (nSPS) is 18.0. The third kappa shape index (κ3) is 7.42. The molecule has 4 bridgehead atoms. The number of fused-ring (bicyclic) bond motifs is 4. The highest BCUT2D eigenvalue weighted by Gasteiger charge is 2.23. The number of nitrogens with one attached hydrogen (secondary N) is 2. The highest BCUT2D eigenvalue weighted by atomic mass is 16.5. The molecule has 10 heteroatoms. The lowest BCUT2D eigenvalue weighted by atomic mass is 10.1. The van der Waals surface area contributed by atoms with Crippen LogP contribution in [0.1, 0.15) is 53.1 Å². The fraction of sp³-hybridized carbons (Fsp3) is 0.188. The average Bonchev–Trinajstić information content (AvgIpc) is 3.02. The van der Waals surface area contributed by atoms with E-state index in [-0.39, 0.29) is 36.0 Å². The molecule has 0 radical (unpaired) electrons. The molecule has 10 nitrogen and oxygen atoms in total. The van der Waals surface area contributed by atoms with Crippen LogP contribution in [0, 0.1) is 0 Å². The average molecular weight is 565 g/mol. The van der Waals surface area contributed by atoms with Crippen LogP contribution >= 0.6 is 0 Å². The van der Waals surface area contributed by atoms with Crippen molar-refractivity contribution in [3.05, 3.63) is 131 Å². The van der Waals surface area contributed by atoms with E-state index in [0.29, 0.717) is 12.8 Å². The van der Waals surface area contributed by atoms with Gasteiger partial charge >= 0.3 is 11.9 Å². The number of carbonyl (C=O) groups is 4. The lowest BCUT2D eigenvalue weighted by molar-refractivity contribution is 0.0437. The summed E-state index contributed by atoms with van der Waals surface area (Å²) < 4.78 is 11.0. The molecule has 0 aliphatic carbocycles. The zero-order valence-corrected chi connectivity index (χ0v) is 22.6. The minimum absolute atomic E-state index is 0.0218. The summed E-state index contributed by atoms with van der Waals surface area (Å²) >= 11 is 0. The van der Waals surface area contributed by atoms with Gasteiger partial charge in [-0.05, 0) is 48.2 Å². The van der Waals surface area contributed by atoms with Crippen molar-refractivity contribution in [1.82, 2.24) is 20.6 Å². The molecule has 0 saturated carbocycles. The fourth-order valence-corrected chi connectivity index (χ4v) is 4.47. The Morgan fingerprint density at radius 2 is 0.905 bits per heavy atom. The molecule has 2 aromatic heterocycles. The van der Waals surface area contributed by atoms with Gasteiger partial charge in [0, 0.05) is 0 Å². The molecule has 5 rings (SSSR count). The van der Waals surface area contributed by atoms with Crippen molar-refractivity contribution in [2.75, 3.05) is 13.2 Å². The van der Waals surface area contributed by atoms with Gasteiger partial charge in [0.1, 0.15) is 36.0 Å². The maximum atomic E-state index is 13.2. The molecule has 2 aromatic carbocycles. The molecule has 42 heavy (non-hydrogen) atoms. The molecule has 4 aromatic rings. The Kier molecular flexibility index (Phi) is 8.93. The summed E-state index contributed by atoms with van der Waals surface area (Å²) in [6.07, 6.45) is 0.724. The van der Waals surface area contributed by atoms with Gasteiger partial charge in [-0.15, -0.1) is 0 Å². The Labute approximate surface area is 242 Å². The number of esters is 2. The minimum atomic E-state index is -0.757. The molecular weight excluding hydrogens is 536 g/mol. The monoisotopic (exact) mass is 564 g/mol. The summed E-state index contributed by atoms with van der Waals surface area (Å²) in [7, 11) is 0. The van der Waals surface area contributed by atoms with E-state index in [1.54, 1.807) is 6.07 Å². The van der Waals surface area contributed by atoms with E-state index in [1.165, 1.54) is 30.3 Å². The summed E-state index contributed by atoms with van der Waals surface area (Å²) in [5.74, 6) is -2.57. The number of hydrogen-bond donors (Lipinski definition) is 2. The van der Waals surface area contributed by atoms with Gasteiger partial charge in [0.2, 0.25) is 0 Å². The highest BCUT2D eigenvalue weighted by Crippen LogP contribution is 2.11. The van der Waals surface area contributed by atoms with Crippen LogP contribution in [0.15, 0.2) is 97.1 Å². The quantitative estimate of drug-likeness (QED) is 0.361.